The lowest BCUT2D eigenvalue weighted by Gasteiger charge is -2.28. The van der Waals surface area contributed by atoms with Crippen LogP contribution in [0.1, 0.15) is 38.2 Å². The third-order valence-corrected chi connectivity index (χ3v) is 4.96. The van der Waals surface area contributed by atoms with Gasteiger partial charge in [0, 0.05) is 10.6 Å². The maximum absolute atomic E-state index is 11.7. The van der Waals surface area contributed by atoms with Crippen LogP contribution in [0.3, 0.4) is 0 Å². The molecular formula is C15H22ClNO2S. The first-order valence-corrected chi connectivity index (χ1v) is 8.02. The minimum Gasteiger partial charge on any atom is -0.496 e. The Balaban J connectivity index is 3.21. The van der Waals surface area contributed by atoms with Crippen LogP contribution in [-0.2, 0) is 11.0 Å². The molecule has 1 unspecified atom stereocenters. The highest BCUT2D eigenvalue weighted by Crippen LogP contribution is 2.40. The lowest BCUT2D eigenvalue weighted by atomic mass is 9.86. The molecule has 1 aromatic carbocycles. The Labute approximate surface area is 128 Å². The SMILES string of the molecule is C=CC[C@H](CC(C)(C)S(N)=O)c1c(Cl)cccc1OC. The first-order chi connectivity index (χ1) is 9.33. The van der Waals surface area contributed by atoms with Gasteiger partial charge >= 0.3 is 0 Å². The van der Waals surface area contributed by atoms with Crippen LogP contribution in [0.5, 0.6) is 5.75 Å². The fourth-order valence-corrected chi connectivity index (χ4v) is 2.96. The summed E-state index contributed by atoms with van der Waals surface area (Å²) in [4.78, 5) is 0. The van der Waals surface area contributed by atoms with E-state index in [-0.39, 0.29) is 5.92 Å². The second-order valence-corrected chi connectivity index (χ2v) is 7.45. The normalized spacial score (nSPS) is 14.7. The molecule has 0 saturated heterocycles. The fourth-order valence-electron chi connectivity index (χ4n) is 2.27. The maximum atomic E-state index is 11.7. The highest BCUT2D eigenvalue weighted by Gasteiger charge is 2.30. The molecule has 0 aromatic heterocycles. The first-order valence-electron chi connectivity index (χ1n) is 6.43. The Morgan fingerprint density at radius 2 is 2.20 bits per heavy atom. The third-order valence-electron chi connectivity index (χ3n) is 3.37. The summed E-state index contributed by atoms with van der Waals surface area (Å²) in [5.41, 5.74) is 0.926. The average Bonchev–Trinajstić information content (AvgIpc) is 2.37. The summed E-state index contributed by atoms with van der Waals surface area (Å²) in [5, 5.41) is 6.23. The molecule has 0 aliphatic rings. The predicted molar refractivity (Wildman–Crippen MR) is 86.6 cm³/mol. The van der Waals surface area contributed by atoms with Crippen molar-refractivity contribution in [3.05, 3.63) is 41.4 Å². The summed E-state index contributed by atoms with van der Waals surface area (Å²) in [6.45, 7) is 7.58. The number of methoxy groups -OCH3 is 1. The van der Waals surface area contributed by atoms with Gasteiger partial charge in [0.15, 0.2) is 0 Å². The molecule has 0 saturated carbocycles. The lowest BCUT2D eigenvalue weighted by molar-refractivity contribution is 0.400. The molecule has 0 radical (unpaired) electrons. The second kappa shape index (κ2) is 7.25. The zero-order valence-corrected chi connectivity index (χ0v) is 13.8. The Morgan fingerprint density at radius 3 is 2.70 bits per heavy atom. The number of hydrogen-bond acceptors (Lipinski definition) is 2. The molecule has 20 heavy (non-hydrogen) atoms. The minimum atomic E-state index is -1.41. The summed E-state index contributed by atoms with van der Waals surface area (Å²) in [5.74, 6) is 0.807. The topological polar surface area (TPSA) is 52.3 Å². The van der Waals surface area contributed by atoms with Gasteiger partial charge in [-0.1, -0.05) is 23.7 Å². The Bertz CT molecular complexity index is 503. The number of benzene rings is 1. The summed E-state index contributed by atoms with van der Waals surface area (Å²) in [7, 11) is 0.210. The van der Waals surface area contributed by atoms with Gasteiger partial charge in [-0.25, -0.2) is 4.21 Å². The molecule has 0 aliphatic carbocycles. The second-order valence-electron chi connectivity index (χ2n) is 5.34. The molecule has 0 heterocycles. The highest BCUT2D eigenvalue weighted by atomic mass is 35.5. The maximum Gasteiger partial charge on any atom is 0.123 e. The molecule has 1 aromatic rings. The van der Waals surface area contributed by atoms with Crippen LogP contribution >= 0.6 is 11.6 Å². The van der Waals surface area contributed by atoms with E-state index in [4.69, 9.17) is 21.5 Å². The highest BCUT2D eigenvalue weighted by molar-refractivity contribution is 7.84. The largest absolute Gasteiger partial charge is 0.496 e. The number of ether oxygens (including phenoxy) is 1. The van der Waals surface area contributed by atoms with Gasteiger partial charge in [-0.15, -0.1) is 6.58 Å². The van der Waals surface area contributed by atoms with Crippen molar-refractivity contribution in [1.82, 2.24) is 0 Å². The third kappa shape index (κ3) is 4.08. The number of allylic oxidation sites excluding steroid dienone is 1. The summed E-state index contributed by atoms with van der Waals surface area (Å²) < 4.78 is 16.6. The van der Waals surface area contributed by atoms with Crippen molar-refractivity contribution in [3.63, 3.8) is 0 Å². The number of hydrogen-bond donors (Lipinski definition) is 1. The van der Waals surface area contributed by atoms with Gasteiger partial charge in [-0.2, -0.15) is 0 Å². The van der Waals surface area contributed by atoms with E-state index in [9.17, 15) is 4.21 Å². The molecule has 0 fully saturated rings. The number of halogens is 1. The van der Waals surface area contributed by atoms with E-state index in [0.29, 0.717) is 11.4 Å². The van der Waals surface area contributed by atoms with Crippen molar-refractivity contribution in [2.75, 3.05) is 7.11 Å². The summed E-state index contributed by atoms with van der Waals surface area (Å²) in [6.07, 6.45) is 3.20. The first kappa shape index (κ1) is 17.2. The van der Waals surface area contributed by atoms with E-state index in [2.05, 4.69) is 6.58 Å². The van der Waals surface area contributed by atoms with Crippen LogP contribution in [-0.4, -0.2) is 16.1 Å². The van der Waals surface area contributed by atoms with E-state index in [1.807, 2.05) is 38.1 Å². The lowest BCUT2D eigenvalue weighted by Crippen LogP contribution is -2.33. The molecular weight excluding hydrogens is 294 g/mol. The van der Waals surface area contributed by atoms with Gasteiger partial charge in [0.25, 0.3) is 0 Å². The van der Waals surface area contributed by atoms with E-state index in [0.717, 1.165) is 17.7 Å². The molecule has 2 atom stereocenters. The van der Waals surface area contributed by atoms with Gasteiger partial charge in [0.1, 0.15) is 5.75 Å². The number of rotatable bonds is 7. The smallest absolute Gasteiger partial charge is 0.123 e. The van der Waals surface area contributed by atoms with Gasteiger partial charge < -0.3 is 4.74 Å². The van der Waals surface area contributed by atoms with Crippen LogP contribution in [0.2, 0.25) is 5.02 Å². The van der Waals surface area contributed by atoms with Crippen LogP contribution in [0, 0.1) is 0 Å². The predicted octanol–water partition coefficient (Wildman–Crippen LogP) is 3.80. The fraction of sp³-hybridized carbons (Fsp3) is 0.467. The molecule has 112 valence electrons. The van der Waals surface area contributed by atoms with Gasteiger partial charge in [-0.3, -0.25) is 5.14 Å². The molecule has 3 nitrogen and oxygen atoms in total. The van der Waals surface area contributed by atoms with E-state index in [1.165, 1.54) is 0 Å². The Morgan fingerprint density at radius 1 is 1.55 bits per heavy atom. The minimum absolute atomic E-state index is 0.0682. The van der Waals surface area contributed by atoms with Crippen molar-refractivity contribution in [3.8, 4) is 5.75 Å². The molecule has 2 N–H and O–H groups in total. The van der Waals surface area contributed by atoms with E-state index >= 15 is 0 Å². The standard InChI is InChI=1S/C15H22ClNO2S/c1-5-7-11(10-15(2,3)20(17)18)14-12(16)8-6-9-13(14)19-4/h5-6,8-9,11H,1,7,10,17H2,2-4H3/t11-,20?/m1/s1. The monoisotopic (exact) mass is 315 g/mol. The molecule has 0 spiro atoms. The molecule has 1 rings (SSSR count). The zero-order chi connectivity index (χ0) is 15.3. The van der Waals surface area contributed by atoms with Crippen molar-refractivity contribution < 1.29 is 8.95 Å². The molecule has 5 heteroatoms. The molecule has 0 aliphatic heterocycles. The van der Waals surface area contributed by atoms with Gasteiger partial charge in [-0.05, 0) is 44.7 Å². The van der Waals surface area contributed by atoms with Crippen LogP contribution in [0.4, 0.5) is 0 Å². The van der Waals surface area contributed by atoms with Crippen LogP contribution in [0.15, 0.2) is 30.9 Å². The zero-order valence-electron chi connectivity index (χ0n) is 12.2. The number of nitrogens with two attached hydrogens (primary N) is 1. The summed E-state index contributed by atoms with van der Waals surface area (Å²) >= 11 is 6.33. The van der Waals surface area contributed by atoms with Crippen LogP contribution in [0.25, 0.3) is 0 Å². The van der Waals surface area contributed by atoms with E-state index < -0.39 is 15.7 Å². The van der Waals surface area contributed by atoms with Crippen molar-refractivity contribution in [2.45, 2.75) is 37.4 Å². The average molecular weight is 316 g/mol. The van der Waals surface area contributed by atoms with Crippen molar-refractivity contribution in [1.29, 1.82) is 0 Å². The van der Waals surface area contributed by atoms with Gasteiger partial charge in [0.2, 0.25) is 0 Å². The van der Waals surface area contributed by atoms with E-state index in [1.54, 1.807) is 7.11 Å². The van der Waals surface area contributed by atoms with Gasteiger partial charge in [0.05, 0.1) is 22.8 Å². The molecule has 0 amide bonds. The Kier molecular flexibility index (Phi) is 6.24. The van der Waals surface area contributed by atoms with Crippen molar-refractivity contribution in [2.24, 2.45) is 5.14 Å². The summed E-state index contributed by atoms with van der Waals surface area (Å²) in [6, 6.07) is 5.56. The quantitative estimate of drug-likeness (QED) is 0.778. The molecule has 0 bridgehead atoms. The Hall–Kier alpha value is -0.840. The van der Waals surface area contributed by atoms with Crippen molar-refractivity contribution >= 4 is 22.6 Å². The van der Waals surface area contributed by atoms with Crippen LogP contribution < -0.4 is 9.88 Å².